The van der Waals surface area contributed by atoms with Crippen LogP contribution in [0.25, 0.3) is 11.1 Å². The van der Waals surface area contributed by atoms with Crippen molar-refractivity contribution >= 4 is 80.9 Å². The highest BCUT2D eigenvalue weighted by molar-refractivity contribution is 7.80. The minimum absolute atomic E-state index is 0.0926. The lowest BCUT2D eigenvalue weighted by molar-refractivity contribution is -0.333. The normalized spacial score (nSPS) is 26.9. The quantitative estimate of drug-likeness (QED) is 0.0291. The molecule has 18 atom stereocenters. The largest absolute Gasteiger partial charge is 0.508 e. The van der Waals surface area contributed by atoms with Gasteiger partial charge in [-0.1, -0.05) is 120 Å². The fraction of sp³-hybridized carbons (Fsp3) is 0.513. The summed E-state index contributed by atoms with van der Waals surface area (Å²) in [7, 11) is -2.76. The molecule has 118 heavy (non-hydrogen) atoms. The summed E-state index contributed by atoms with van der Waals surface area (Å²) in [5.74, 6) is -16.0. The Hall–Kier alpha value is -9.33. The fourth-order valence-electron chi connectivity index (χ4n) is 14.2. The lowest BCUT2D eigenvalue weighted by atomic mass is 9.86. The zero-order valence-electron chi connectivity index (χ0n) is 65.2. The predicted molar refractivity (Wildman–Crippen MR) is 419 cm³/mol. The molecule has 7 aliphatic rings. The number of phenols is 3. The zero-order valence-corrected chi connectivity index (χ0v) is 67.5. The summed E-state index contributed by atoms with van der Waals surface area (Å²) in [5.41, 5.74) is 8.00. The molecule has 0 aliphatic carbocycles. The Bertz CT molecular complexity index is 4590. The van der Waals surface area contributed by atoms with Crippen molar-refractivity contribution in [3.8, 4) is 57.1 Å². The van der Waals surface area contributed by atoms with Crippen molar-refractivity contribution in [2.75, 3.05) is 20.3 Å². The molecule has 1 unspecified atom stereocenters. The Balaban J connectivity index is 0.000000835. The molecule has 7 aliphatic heterocycles. The third kappa shape index (κ3) is 23.2. The standard InChI is InChI=1S/C66H75Cl2N9O24.C12H26O4S/c1-23(2)12-34(71-5)58(88)76-49-51(83)26-7-10-38(32(67)14-26)97-40-16-28-17-41(55(40)101-65-56(54(86)53(85)42(22-78)99-65)100-44-21-66(4,70)57(87)24(3)96-44)98-39-11-8-27(15-33(39)68)52(84)50-63(93)75-48(64(94)95)31-18-29(79)19-37(81)45(31)30-13-25(6-9-36(30)80)46(60(90)77-50)74-61(91)47(28)73-59(89)35(20-43(69)82)72-62(49)92;1-2-3-4-5-6-7-8-9-10-11-12-16-17(13,14)15/h6-11,13-19,23-24,34-35,42,44,46-54,56-57,65,71,78-81,83-87H,12,20-22,70H2,1-5H3,(H2,69,82)(H,72,92)(H,73,89)(H,74,91)(H,75,93)(H,76,88)(H,77,90)(H,94,95);2-12H2,1H3,(H,13,14,15)/t24-,34+,35-,42+,44-,46+,47+,48+,49+,50-,51+,52+,53+,54-,56+,57?,65-,66-;/m0./s1. The number of amides is 7. The average molecular weight is 1720 g/mol. The molecule has 7 amide bonds. The highest BCUT2D eigenvalue weighted by atomic mass is 35.5. The summed E-state index contributed by atoms with van der Waals surface area (Å²) < 4.78 is 71.3. The Morgan fingerprint density at radius 2 is 1.26 bits per heavy atom. The number of aliphatic carboxylic acids is 1. The van der Waals surface area contributed by atoms with Gasteiger partial charge in [0.25, 0.3) is 0 Å². The molecule has 11 bridgehead atoms. The molecule has 7 heterocycles. The van der Waals surface area contributed by atoms with E-state index in [-0.39, 0.29) is 52.8 Å². The van der Waals surface area contributed by atoms with E-state index in [0.717, 1.165) is 79.6 Å². The second-order valence-electron chi connectivity index (χ2n) is 30.1. The van der Waals surface area contributed by atoms with Crippen LogP contribution in [0.1, 0.15) is 176 Å². The van der Waals surface area contributed by atoms with Gasteiger partial charge in [-0.25, -0.2) is 8.98 Å². The van der Waals surface area contributed by atoms with Crippen LogP contribution >= 0.6 is 23.2 Å². The SMILES string of the molecule is CCCCCCCCCCCCOS(=O)(=O)O.CN[C@H](CC(C)C)C(=O)N[C@H]1C(=O)N[C@@H](CC(N)=O)C(=O)N[C@H]2C(=O)N[C@H]3C(=O)N[C@H](C(=O)N[C@@H](C(=O)O)c4cc(O)cc(O)c4-c4cc3ccc4O)[C@H](O)c3ccc(c(Cl)c3)Oc3cc2cc(c3O[C@@H]2O[C@H](CO)[C@@H](O)[C@H](O)[C@H]2O[C@H]2C[C@](C)(N)C(O)[C@H](C)O2)Oc2ccc(cc2Cl)[C@H]1O. The maximum atomic E-state index is 16.0. The number of carbonyl (C=O) groups is 8. The summed E-state index contributed by atoms with van der Waals surface area (Å²) in [5, 5.41) is 131. The summed E-state index contributed by atoms with van der Waals surface area (Å²) >= 11 is 14.1. The van der Waals surface area contributed by atoms with Crippen molar-refractivity contribution in [1.29, 1.82) is 0 Å². The molecule has 12 rings (SSSR count). The number of hydrogen-bond donors (Lipinski definition) is 20. The van der Waals surface area contributed by atoms with Gasteiger partial charge in [-0.2, -0.15) is 8.42 Å². The van der Waals surface area contributed by atoms with E-state index < -0.39 is 248 Å². The first kappa shape index (κ1) is 92.6. The first-order valence-corrected chi connectivity index (χ1v) is 40.4. The number of aliphatic hydroxyl groups excluding tert-OH is 6. The molecule has 40 heteroatoms. The van der Waals surface area contributed by atoms with Crippen molar-refractivity contribution < 1.29 is 135 Å². The number of benzene rings is 5. The number of ether oxygens (including phenoxy) is 6. The molecule has 0 aromatic heterocycles. The van der Waals surface area contributed by atoms with Gasteiger partial charge in [0.1, 0.15) is 89.5 Å². The van der Waals surface area contributed by atoms with E-state index >= 15 is 14.4 Å². The molecule has 0 radical (unpaired) electrons. The lowest BCUT2D eigenvalue weighted by Crippen LogP contribution is -2.64. The highest BCUT2D eigenvalue weighted by Crippen LogP contribution is 2.50. The number of aliphatic hydroxyl groups is 6. The number of halogens is 2. The molecule has 37 nitrogen and oxygen atoms in total. The minimum atomic E-state index is -4.23. The Morgan fingerprint density at radius 3 is 1.82 bits per heavy atom. The third-order valence-electron chi connectivity index (χ3n) is 20.5. The molecule has 0 spiro atoms. The number of carbonyl (C=O) groups excluding carboxylic acids is 7. The van der Waals surface area contributed by atoms with Crippen LogP contribution < -0.4 is 62.9 Å². The topological polar surface area (TPSA) is 594 Å². The Labute approximate surface area is 688 Å². The van der Waals surface area contributed by atoms with Gasteiger partial charge in [0.05, 0.1) is 47.9 Å². The van der Waals surface area contributed by atoms with Crippen LogP contribution in [0.3, 0.4) is 0 Å². The zero-order chi connectivity index (χ0) is 86.5. The van der Waals surface area contributed by atoms with Crippen molar-refractivity contribution in [1.82, 2.24) is 37.2 Å². The van der Waals surface area contributed by atoms with Gasteiger partial charge >= 0.3 is 16.4 Å². The smallest absolute Gasteiger partial charge is 0.397 e. The number of rotatable bonds is 25. The number of carboxylic acids is 1. The van der Waals surface area contributed by atoms with Crippen LogP contribution in [0.2, 0.25) is 10.0 Å². The van der Waals surface area contributed by atoms with Crippen molar-refractivity contribution in [2.45, 2.75) is 227 Å². The van der Waals surface area contributed by atoms with Gasteiger partial charge in [0.15, 0.2) is 29.9 Å². The number of fused-ring (bicyclic) bond motifs is 15. The predicted octanol–water partition coefficient (Wildman–Crippen LogP) is 3.83. The maximum Gasteiger partial charge on any atom is 0.397 e. The monoisotopic (exact) mass is 1710 g/mol. The number of aromatic hydroxyl groups is 3. The molecule has 0 saturated carbocycles. The molecule has 2 fully saturated rings. The summed E-state index contributed by atoms with van der Waals surface area (Å²) in [4.78, 5) is 117. The lowest BCUT2D eigenvalue weighted by Gasteiger charge is -2.47. The Morgan fingerprint density at radius 1 is 0.686 bits per heavy atom. The molecule has 22 N–H and O–H groups in total. The van der Waals surface area contributed by atoms with E-state index in [1.807, 2.05) is 13.8 Å². The number of carboxylic acid groups (broad SMARTS) is 1. The van der Waals surface area contributed by atoms with E-state index in [1.54, 1.807) is 0 Å². The van der Waals surface area contributed by atoms with Gasteiger partial charge in [0.2, 0.25) is 53.4 Å². The number of hydrogen-bond acceptors (Lipinski definition) is 28. The van der Waals surface area contributed by atoms with E-state index in [9.17, 15) is 83.5 Å². The number of phenolic OH excluding ortho intramolecular Hbond substituents is 3. The van der Waals surface area contributed by atoms with Gasteiger partial charge < -0.3 is 128 Å². The number of nitrogens with two attached hydrogens (primary N) is 2. The summed E-state index contributed by atoms with van der Waals surface area (Å²) in [6.07, 6.45) is -6.70. The molecular weight excluding hydrogens is 1610 g/mol. The molecule has 5 aromatic carbocycles. The number of nitrogens with one attached hydrogen (secondary N) is 7. The summed E-state index contributed by atoms with van der Waals surface area (Å²) in [6.45, 7) is 7.97. The second kappa shape index (κ2) is 40.6. The van der Waals surface area contributed by atoms with Crippen molar-refractivity contribution in [2.24, 2.45) is 17.4 Å². The van der Waals surface area contributed by atoms with Gasteiger partial charge in [0, 0.05) is 34.7 Å². The number of unbranched alkanes of at least 4 members (excludes halogenated alkanes) is 9. The summed E-state index contributed by atoms with van der Waals surface area (Å²) in [6, 6.07) is -0.679. The van der Waals surface area contributed by atoms with Crippen LogP contribution in [0.5, 0.6) is 46.0 Å². The molecule has 5 aromatic rings. The molecule has 2 saturated heterocycles. The fourth-order valence-corrected chi connectivity index (χ4v) is 15.0. The number of primary amides is 1. The van der Waals surface area contributed by atoms with Gasteiger partial charge in [-0.3, -0.25) is 38.1 Å². The van der Waals surface area contributed by atoms with Crippen LogP contribution in [-0.2, 0) is 67.1 Å². The second-order valence-corrected chi connectivity index (χ2v) is 32.1. The van der Waals surface area contributed by atoms with E-state index in [4.69, 9.17) is 67.6 Å². The van der Waals surface area contributed by atoms with Gasteiger partial charge in [-0.05, 0) is 117 Å². The average Bonchev–Trinajstić information content (AvgIpc) is 0.762. The first-order chi connectivity index (χ1) is 55.7. The van der Waals surface area contributed by atoms with Gasteiger partial charge in [-0.15, -0.1) is 0 Å². The maximum absolute atomic E-state index is 16.0. The molecular formula is C78H101Cl2N9O28S. The van der Waals surface area contributed by atoms with Crippen LogP contribution in [-0.4, -0.2) is 211 Å². The van der Waals surface area contributed by atoms with E-state index in [0.29, 0.717) is 6.42 Å². The van der Waals surface area contributed by atoms with Crippen LogP contribution in [0.15, 0.2) is 78.9 Å². The third-order valence-corrected chi connectivity index (χ3v) is 21.6. The molecule has 646 valence electrons. The van der Waals surface area contributed by atoms with Crippen molar-refractivity contribution in [3.05, 3.63) is 117 Å². The van der Waals surface area contributed by atoms with Crippen molar-refractivity contribution in [3.63, 3.8) is 0 Å². The van der Waals surface area contributed by atoms with Crippen LogP contribution in [0.4, 0.5) is 0 Å². The number of likely N-dealkylation sites (N-methyl/N-ethyl adjacent to an activating group) is 1. The van der Waals surface area contributed by atoms with E-state index in [2.05, 4.69) is 48.3 Å². The van der Waals surface area contributed by atoms with Crippen LogP contribution in [0, 0.1) is 5.92 Å². The minimum Gasteiger partial charge on any atom is -0.508 e. The highest BCUT2D eigenvalue weighted by Gasteiger charge is 2.52. The Kier molecular flexibility index (Phi) is 31.9. The van der Waals surface area contributed by atoms with E-state index in [1.165, 1.54) is 78.0 Å². The first-order valence-electron chi connectivity index (χ1n) is 38.3.